The Labute approximate surface area is 106 Å². The molecule has 102 valence electrons. The van der Waals surface area contributed by atoms with Gasteiger partial charge in [-0.2, -0.15) is 4.31 Å². The molecular weight excluding hydrogens is 236 g/mol. The second kappa shape index (κ2) is 6.16. The standard InChI is InChI=1S/C12H26N2O2S/c1-10(2)13-7-8-17(15,16)14-9-11(3)5-6-12(14)4/h10-13H,5-9H2,1-4H3. The van der Waals surface area contributed by atoms with Crippen molar-refractivity contribution in [1.29, 1.82) is 0 Å². The van der Waals surface area contributed by atoms with E-state index < -0.39 is 10.0 Å². The second-order valence-corrected chi connectivity index (χ2v) is 7.57. The van der Waals surface area contributed by atoms with Gasteiger partial charge in [0.05, 0.1) is 5.75 Å². The molecule has 0 amide bonds. The Morgan fingerprint density at radius 2 is 1.94 bits per heavy atom. The van der Waals surface area contributed by atoms with Crippen molar-refractivity contribution >= 4 is 10.0 Å². The zero-order chi connectivity index (χ0) is 13.1. The predicted molar refractivity (Wildman–Crippen MR) is 71.5 cm³/mol. The lowest BCUT2D eigenvalue weighted by molar-refractivity contribution is 0.218. The Bertz CT molecular complexity index is 327. The molecule has 1 N–H and O–H groups in total. The fourth-order valence-electron chi connectivity index (χ4n) is 2.23. The molecule has 1 aliphatic rings. The van der Waals surface area contributed by atoms with Crippen LogP contribution in [0.15, 0.2) is 0 Å². The molecule has 4 nitrogen and oxygen atoms in total. The Kier molecular flexibility index (Phi) is 5.41. The highest BCUT2D eigenvalue weighted by molar-refractivity contribution is 7.89. The predicted octanol–water partition coefficient (Wildman–Crippen LogP) is 1.43. The number of hydrogen-bond donors (Lipinski definition) is 1. The molecule has 0 saturated carbocycles. The first-order valence-corrected chi connectivity index (χ1v) is 8.16. The normalized spacial score (nSPS) is 27.6. The van der Waals surface area contributed by atoms with Crippen LogP contribution in [0.1, 0.15) is 40.5 Å². The highest BCUT2D eigenvalue weighted by Gasteiger charge is 2.31. The molecule has 0 bridgehead atoms. The molecule has 1 heterocycles. The van der Waals surface area contributed by atoms with Crippen LogP contribution in [0.5, 0.6) is 0 Å². The third kappa shape index (κ3) is 4.56. The summed E-state index contributed by atoms with van der Waals surface area (Å²) in [6.07, 6.45) is 2.12. The maximum absolute atomic E-state index is 12.2. The van der Waals surface area contributed by atoms with E-state index >= 15 is 0 Å². The largest absolute Gasteiger partial charge is 0.313 e. The van der Waals surface area contributed by atoms with Crippen LogP contribution in [0.2, 0.25) is 0 Å². The summed E-state index contributed by atoms with van der Waals surface area (Å²) in [7, 11) is -3.09. The average Bonchev–Trinajstić information content (AvgIpc) is 2.20. The van der Waals surface area contributed by atoms with E-state index in [1.54, 1.807) is 4.31 Å². The highest BCUT2D eigenvalue weighted by Crippen LogP contribution is 2.24. The van der Waals surface area contributed by atoms with E-state index in [4.69, 9.17) is 0 Å². The van der Waals surface area contributed by atoms with Gasteiger partial charge < -0.3 is 5.32 Å². The summed E-state index contributed by atoms with van der Waals surface area (Å²) >= 11 is 0. The molecule has 0 aromatic rings. The van der Waals surface area contributed by atoms with Crippen molar-refractivity contribution in [2.24, 2.45) is 5.92 Å². The van der Waals surface area contributed by atoms with Crippen LogP contribution in [0.25, 0.3) is 0 Å². The van der Waals surface area contributed by atoms with Gasteiger partial charge in [-0.15, -0.1) is 0 Å². The van der Waals surface area contributed by atoms with Gasteiger partial charge in [0.2, 0.25) is 10.0 Å². The Morgan fingerprint density at radius 3 is 2.53 bits per heavy atom. The maximum atomic E-state index is 12.2. The van der Waals surface area contributed by atoms with Gasteiger partial charge in [0.15, 0.2) is 0 Å². The maximum Gasteiger partial charge on any atom is 0.215 e. The van der Waals surface area contributed by atoms with Gasteiger partial charge in [-0.05, 0) is 25.7 Å². The van der Waals surface area contributed by atoms with E-state index in [0.29, 0.717) is 25.0 Å². The van der Waals surface area contributed by atoms with Crippen LogP contribution < -0.4 is 5.32 Å². The van der Waals surface area contributed by atoms with Gasteiger partial charge in [0, 0.05) is 25.2 Å². The minimum Gasteiger partial charge on any atom is -0.313 e. The molecule has 0 spiro atoms. The molecule has 1 aliphatic heterocycles. The number of rotatable bonds is 5. The molecule has 1 saturated heterocycles. The molecule has 5 heteroatoms. The van der Waals surface area contributed by atoms with Crippen molar-refractivity contribution in [2.45, 2.75) is 52.6 Å². The van der Waals surface area contributed by atoms with Crippen LogP contribution in [0.3, 0.4) is 0 Å². The van der Waals surface area contributed by atoms with Crippen LogP contribution in [-0.2, 0) is 10.0 Å². The molecule has 2 unspecified atom stereocenters. The monoisotopic (exact) mass is 262 g/mol. The van der Waals surface area contributed by atoms with Gasteiger partial charge in [-0.3, -0.25) is 0 Å². The SMILES string of the molecule is CC1CCC(C)N(S(=O)(=O)CCNC(C)C)C1. The third-order valence-corrected chi connectivity index (χ3v) is 5.27. The molecule has 17 heavy (non-hydrogen) atoms. The first-order valence-electron chi connectivity index (χ1n) is 6.56. The van der Waals surface area contributed by atoms with E-state index in [-0.39, 0.29) is 11.8 Å². The van der Waals surface area contributed by atoms with Crippen LogP contribution in [-0.4, -0.2) is 43.6 Å². The Morgan fingerprint density at radius 1 is 1.29 bits per heavy atom. The fourth-order valence-corrected chi connectivity index (χ4v) is 3.98. The molecular formula is C12H26N2O2S. The fraction of sp³-hybridized carbons (Fsp3) is 1.00. The second-order valence-electron chi connectivity index (χ2n) is 5.53. The summed E-state index contributed by atoms with van der Waals surface area (Å²) in [5.74, 6) is 0.696. The van der Waals surface area contributed by atoms with Crippen molar-refractivity contribution in [1.82, 2.24) is 9.62 Å². The van der Waals surface area contributed by atoms with Crippen LogP contribution >= 0.6 is 0 Å². The zero-order valence-corrected chi connectivity index (χ0v) is 12.3. The van der Waals surface area contributed by atoms with Crippen molar-refractivity contribution < 1.29 is 8.42 Å². The molecule has 1 rings (SSSR count). The summed E-state index contributed by atoms with van der Waals surface area (Å²) in [5.41, 5.74) is 0. The van der Waals surface area contributed by atoms with Crippen LogP contribution in [0, 0.1) is 5.92 Å². The van der Waals surface area contributed by atoms with E-state index in [9.17, 15) is 8.42 Å². The van der Waals surface area contributed by atoms with Crippen molar-refractivity contribution in [3.8, 4) is 0 Å². The molecule has 0 aromatic heterocycles. The van der Waals surface area contributed by atoms with Gasteiger partial charge in [0.1, 0.15) is 0 Å². The van der Waals surface area contributed by atoms with Gasteiger partial charge in [-0.25, -0.2) is 8.42 Å². The summed E-state index contributed by atoms with van der Waals surface area (Å²) in [6, 6.07) is 0.498. The van der Waals surface area contributed by atoms with Gasteiger partial charge >= 0.3 is 0 Å². The lowest BCUT2D eigenvalue weighted by Crippen LogP contribution is -2.47. The van der Waals surface area contributed by atoms with E-state index in [0.717, 1.165) is 12.8 Å². The lowest BCUT2D eigenvalue weighted by Gasteiger charge is -2.35. The number of piperidine rings is 1. The number of nitrogens with zero attached hydrogens (tertiary/aromatic N) is 1. The van der Waals surface area contributed by atoms with Crippen molar-refractivity contribution in [2.75, 3.05) is 18.8 Å². The number of sulfonamides is 1. The zero-order valence-electron chi connectivity index (χ0n) is 11.4. The summed E-state index contributed by atoms with van der Waals surface area (Å²) < 4.78 is 26.1. The summed E-state index contributed by atoms with van der Waals surface area (Å²) in [6.45, 7) is 9.42. The first-order chi connectivity index (χ1) is 7.83. The van der Waals surface area contributed by atoms with Gasteiger partial charge in [-0.1, -0.05) is 20.8 Å². The van der Waals surface area contributed by atoms with Crippen molar-refractivity contribution in [3.63, 3.8) is 0 Å². The van der Waals surface area contributed by atoms with E-state index in [1.165, 1.54) is 0 Å². The summed E-state index contributed by atoms with van der Waals surface area (Å²) in [4.78, 5) is 0. The number of nitrogens with one attached hydrogen (secondary N) is 1. The molecule has 2 atom stereocenters. The van der Waals surface area contributed by atoms with E-state index in [1.807, 2.05) is 20.8 Å². The Hall–Kier alpha value is -0.130. The first kappa shape index (κ1) is 14.9. The molecule has 1 fully saturated rings. The average molecular weight is 262 g/mol. The third-order valence-electron chi connectivity index (χ3n) is 3.33. The molecule has 0 aromatic carbocycles. The van der Waals surface area contributed by atoms with Crippen LogP contribution in [0.4, 0.5) is 0 Å². The Balaban J connectivity index is 2.56. The lowest BCUT2D eigenvalue weighted by atomic mass is 9.97. The molecule has 0 radical (unpaired) electrons. The number of hydrogen-bond acceptors (Lipinski definition) is 3. The minimum absolute atomic E-state index is 0.162. The van der Waals surface area contributed by atoms with E-state index in [2.05, 4.69) is 12.2 Å². The molecule has 0 aliphatic carbocycles. The quantitative estimate of drug-likeness (QED) is 0.815. The van der Waals surface area contributed by atoms with Gasteiger partial charge in [0.25, 0.3) is 0 Å². The van der Waals surface area contributed by atoms with Crippen molar-refractivity contribution in [3.05, 3.63) is 0 Å². The topological polar surface area (TPSA) is 49.4 Å². The minimum atomic E-state index is -3.09. The highest BCUT2D eigenvalue weighted by atomic mass is 32.2. The smallest absolute Gasteiger partial charge is 0.215 e. The summed E-state index contributed by atoms with van der Waals surface area (Å²) in [5, 5.41) is 3.16.